The fraction of sp³-hybridized carbons (Fsp3) is 0.400. The summed E-state index contributed by atoms with van der Waals surface area (Å²) in [5.41, 5.74) is 5.07. The molecule has 3 aromatic rings. The lowest BCUT2D eigenvalue weighted by Gasteiger charge is -2.34. The van der Waals surface area contributed by atoms with Crippen LogP contribution in [0.15, 0.2) is 66.9 Å². The van der Waals surface area contributed by atoms with Gasteiger partial charge >= 0.3 is 0 Å². The summed E-state index contributed by atoms with van der Waals surface area (Å²) in [7, 11) is 0. The molecule has 1 N–H and O–H groups in total. The first-order valence-corrected chi connectivity index (χ1v) is 10.8. The third-order valence-electron chi connectivity index (χ3n) is 6.15. The van der Waals surface area contributed by atoms with Crippen LogP contribution >= 0.6 is 0 Å². The highest BCUT2D eigenvalue weighted by Crippen LogP contribution is 2.22. The number of para-hydroxylation sites is 1. The maximum Gasteiger partial charge on any atom is 0.0648 e. The van der Waals surface area contributed by atoms with E-state index < -0.39 is 0 Å². The van der Waals surface area contributed by atoms with Gasteiger partial charge in [-0.25, -0.2) is 4.68 Å². The van der Waals surface area contributed by atoms with E-state index in [-0.39, 0.29) is 0 Å². The zero-order valence-electron chi connectivity index (χ0n) is 17.6. The van der Waals surface area contributed by atoms with E-state index in [2.05, 4.69) is 83.8 Å². The van der Waals surface area contributed by atoms with E-state index >= 15 is 0 Å². The van der Waals surface area contributed by atoms with Gasteiger partial charge in [0.2, 0.25) is 0 Å². The van der Waals surface area contributed by atoms with Gasteiger partial charge in [0.1, 0.15) is 0 Å². The van der Waals surface area contributed by atoms with Crippen molar-refractivity contribution in [3.05, 3.63) is 83.7 Å². The lowest BCUT2D eigenvalue weighted by atomic mass is 10.0. The minimum absolute atomic E-state index is 0.313. The van der Waals surface area contributed by atoms with Crippen LogP contribution in [0.25, 0.3) is 5.69 Å². The standard InChI is InChI=1S/C25H32N4/c1-20(25-19-26-29(21(25)2)24-11-7-4-8-12-24)27-23-14-17-28(18-15-23)16-13-22-9-5-3-6-10-22/h3-12,19-20,23,27H,13-18H2,1-2H3/t20-/m0/s1. The number of piperidine rings is 1. The lowest BCUT2D eigenvalue weighted by Crippen LogP contribution is -2.43. The smallest absolute Gasteiger partial charge is 0.0648 e. The number of rotatable bonds is 7. The lowest BCUT2D eigenvalue weighted by molar-refractivity contribution is 0.194. The van der Waals surface area contributed by atoms with Gasteiger partial charge in [-0.2, -0.15) is 5.10 Å². The van der Waals surface area contributed by atoms with E-state index in [1.807, 2.05) is 16.9 Å². The van der Waals surface area contributed by atoms with E-state index in [9.17, 15) is 0 Å². The van der Waals surface area contributed by atoms with Crippen molar-refractivity contribution in [2.75, 3.05) is 19.6 Å². The molecule has 1 atom stereocenters. The minimum Gasteiger partial charge on any atom is -0.307 e. The van der Waals surface area contributed by atoms with Crippen molar-refractivity contribution in [1.29, 1.82) is 0 Å². The molecule has 29 heavy (non-hydrogen) atoms. The fourth-order valence-electron chi connectivity index (χ4n) is 4.38. The Hall–Kier alpha value is -2.43. The molecule has 4 rings (SSSR count). The van der Waals surface area contributed by atoms with E-state index in [1.165, 1.54) is 42.8 Å². The van der Waals surface area contributed by atoms with Crippen LogP contribution < -0.4 is 5.32 Å². The molecule has 1 aliphatic heterocycles. The number of hydrogen-bond donors (Lipinski definition) is 1. The van der Waals surface area contributed by atoms with Crippen LogP contribution in [0.4, 0.5) is 0 Å². The summed E-state index contributed by atoms with van der Waals surface area (Å²) >= 11 is 0. The van der Waals surface area contributed by atoms with Crippen LogP contribution in [0.3, 0.4) is 0 Å². The van der Waals surface area contributed by atoms with Crippen LogP contribution in [0.5, 0.6) is 0 Å². The van der Waals surface area contributed by atoms with Gasteiger partial charge in [-0.1, -0.05) is 48.5 Å². The molecular formula is C25H32N4. The van der Waals surface area contributed by atoms with Crippen LogP contribution in [0, 0.1) is 6.92 Å². The topological polar surface area (TPSA) is 33.1 Å². The molecule has 2 heterocycles. The number of nitrogens with zero attached hydrogens (tertiary/aromatic N) is 3. The average molecular weight is 389 g/mol. The van der Waals surface area contributed by atoms with Gasteiger partial charge in [0.25, 0.3) is 0 Å². The molecule has 1 aliphatic rings. The Morgan fingerprint density at radius 2 is 1.66 bits per heavy atom. The largest absolute Gasteiger partial charge is 0.307 e. The maximum atomic E-state index is 4.63. The molecule has 0 aliphatic carbocycles. The van der Waals surface area contributed by atoms with Crippen LogP contribution in [-0.2, 0) is 6.42 Å². The summed E-state index contributed by atoms with van der Waals surface area (Å²) in [5.74, 6) is 0. The number of nitrogens with one attached hydrogen (secondary N) is 1. The quantitative estimate of drug-likeness (QED) is 0.645. The molecule has 1 saturated heterocycles. The minimum atomic E-state index is 0.313. The van der Waals surface area contributed by atoms with Crippen molar-refractivity contribution in [2.24, 2.45) is 0 Å². The Labute approximate surface area is 174 Å². The van der Waals surface area contributed by atoms with Crippen molar-refractivity contribution < 1.29 is 0 Å². The summed E-state index contributed by atoms with van der Waals surface area (Å²) in [4.78, 5) is 2.61. The second-order valence-electron chi connectivity index (χ2n) is 8.17. The van der Waals surface area contributed by atoms with Gasteiger partial charge in [0, 0.05) is 29.9 Å². The van der Waals surface area contributed by atoms with Crippen LogP contribution in [0.1, 0.15) is 42.6 Å². The first kappa shape index (κ1) is 19.9. The molecule has 0 unspecified atom stereocenters. The number of benzene rings is 2. The number of likely N-dealkylation sites (tertiary alicyclic amines) is 1. The summed E-state index contributed by atoms with van der Waals surface area (Å²) in [6.07, 6.45) is 5.60. The molecule has 0 saturated carbocycles. The zero-order chi connectivity index (χ0) is 20.1. The maximum absolute atomic E-state index is 4.63. The van der Waals surface area contributed by atoms with Crippen LogP contribution in [0.2, 0.25) is 0 Å². The molecule has 0 spiro atoms. The number of hydrogen-bond acceptors (Lipinski definition) is 3. The molecule has 4 nitrogen and oxygen atoms in total. The normalized spacial score (nSPS) is 16.8. The summed E-state index contributed by atoms with van der Waals surface area (Å²) in [6.45, 7) is 7.95. The molecule has 0 bridgehead atoms. The van der Waals surface area contributed by atoms with Crippen molar-refractivity contribution >= 4 is 0 Å². The highest BCUT2D eigenvalue weighted by Gasteiger charge is 2.22. The summed E-state index contributed by atoms with van der Waals surface area (Å²) in [6, 6.07) is 22.1. The molecule has 0 amide bonds. The van der Waals surface area contributed by atoms with E-state index in [0.717, 1.165) is 18.7 Å². The fourth-order valence-corrected chi connectivity index (χ4v) is 4.38. The van der Waals surface area contributed by atoms with Gasteiger partial charge in [0.05, 0.1) is 11.9 Å². The summed E-state index contributed by atoms with van der Waals surface area (Å²) in [5, 5.41) is 8.49. The van der Waals surface area contributed by atoms with Gasteiger partial charge in [-0.3, -0.25) is 0 Å². The van der Waals surface area contributed by atoms with Gasteiger partial charge in [-0.05, 0) is 63.9 Å². The second kappa shape index (κ2) is 9.38. The second-order valence-corrected chi connectivity index (χ2v) is 8.17. The molecule has 0 radical (unpaired) electrons. The zero-order valence-corrected chi connectivity index (χ0v) is 17.6. The highest BCUT2D eigenvalue weighted by molar-refractivity contribution is 5.35. The first-order valence-electron chi connectivity index (χ1n) is 10.8. The predicted molar refractivity (Wildman–Crippen MR) is 119 cm³/mol. The van der Waals surface area contributed by atoms with E-state index in [1.54, 1.807) is 0 Å². The van der Waals surface area contributed by atoms with Crippen molar-refractivity contribution in [1.82, 2.24) is 20.0 Å². The average Bonchev–Trinajstić information content (AvgIpc) is 3.16. The van der Waals surface area contributed by atoms with Gasteiger partial charge < -0.3 is 10.2 Å². The molecule has 4 heteroatoms. The van der Waals surface area contributed by atoms with Gasteiger partial charge in [-0.15, -0.1) is 0 Å². The molecule has 1 fully saturated rings. The van der Waals surface area contributed by atoms with Gasteiger partial charge in [0.15, 0.2) is 0 Å². The van der Waals surface area contributed by atoms with Crippen LogP contribution in [-0.4, -0.2) is 40.4 Å². The Balaban J connectivity index is 1.28. The summed E-state index contributed by atoms with van der Waals surface area (Å²) < 4.78 is 2.04. The Morgan fingerprint density at radius 1 is 1.00 bits per heavy atom. The molecule has 152 valence electrons. The third kappa shape index (κ3) is 4.95. The Morgan fingerprint density at radius 3 is 2.34 bits per heavy atom. The number of aromatic nitrogens is 2. The molecule has 1 aromatic heterocycles. The Kier molecular flexibility index (Phi) is 6.43. The van der Waals surface area contributed by atoms with E-state index in [0.29, 0.717) is 12.1 Å². The SMILES string of the molecule is Cc1c([C@H](C)NC2CCN(CCc3ccccc3)CC2)cnn1-c1ccccc1. The molecule has 2 aromatic carbocycles. The Bertz CT molecular complexity index is 880. The van der Waals surface area contributed by atoms with Crippen molar-refractivity contribution in [3.63, 3.8) is 0 Å². The monoisotopic (exact) mass is 388 g/mol. The van der Waals surface area contributed by atoms with Crippen molar-refractivity contribution in [2.45, 2.75) is 45.2 Å². The van der Waals surface area contributed by atoms with Crippen molar-refractivity contribution in [3.8, 4) is 5.69 Å². The molecular weight excluding hydrogens is 356 g/mol. The predicted octanol–water partition coefficient (Wildman–Crippen LogP) is 4.54. The third-order valence-corrected chi connectivity index (χ3v) is 6.15. The first-order chi connectivity index (χ1) is 14.2. The highest BCUT2D eigenvalue weighted by atomic mass is 15.3. The van der Waals surface area contributed by atoms with E-state index in [4.69, 9.17) is 0 Å².